The number of anilines is 1. The zero-order valence-corrected chi connectivity index (χ0v) is 17.2. The maximum Gasteiger partial charge on any atom is 0.225 e. The van der Waals surface area contributed by atoms with E-state index in [4.69, 9.17) is 0 Å². The van der Waals surface area contributed by atoms with E-state index in [1.807, 2.05) is 26.0 Å². The second kappa shape index (κ2) is 8.74. The Morgan fingerprint density at radius 2 is 2.03 bits per heavy atom. The van der Waals surface area contributed by atoms with Gasteiger partial charge in [-0.25, -0.2) is 14.4 Å². The van der Waals surface area contributed by atoms with Gasteiger partial charge in [-0.2, -0.15) is 4.98 Å². The first-order valence-electron chi connectivity index (χ1n) is 9.32. The Kier molecular flexibility index (Phi) is 5.88. The van der Waals surface area contributed by atoms with E-state index in [9.17, 15) is 9.50 Å². The summed E-state index contributed by atoms with van der Waals surface area (Å²) in [4.78, 5) is 21.4. The van der Waals surface area contributed by atoms with Crippen LogP contribution in [0.3, 0.4) is 0 Å². The first-order valence-corrected chi connectivity index (χ1v) is 10.1. The van der Waals surface area contributed by atoms with Crippen LogP contribution < -0.4 is 10.6 Å². The highest BCUT2D eigenvalue weighted by atomic mass is 32.1. The minimum absolute atomic E-state index is 0.293. The second-order valence-electron chi connectivity index (χ2n) is 6.77. The van der Waals surface area contributed by atoms with Gasteiger partial charge < -0.3 is 10.4 Å². The fourth-order valence-electron chi connectivity index (χ4n) is 2.95. The molecule has 0 bridgehead atoms. The average molecular weight is 425 g/mol. The van der Waals surface area contributed by atoms with Gasteiger partial charge in [0.2, 0.25) is 5.95 Å². The quantitative estimate of drug-likeness (QED) is 0.387. The molecule has 3 N–H and O–H groups in total. The van der Waals surface area contributed by atoms with Crippen molar-refractivity contribution in [1.29, 1.82) is 0 Å². The van der Waals surface area contributed by atoms with Crippen LogP contribution in [0, 0.1) is 12.7 Å². The van der Waals surface area contributed by atoms with Crippen molar-refractivity contribution in [2.75, 3.05) is 5.32 Å². The summed E-state index contributed by atoms with van der Waals surface area (Å²) < 4.78 is 14.2. The summed E-state index contributed by atoms with van der Waals surface area (Å²) in [5, 5.41) is 17.8. The Hall–Kier alpha value is -3.08. The molecule has 4 rings (SSSR count). The van der Waals surface area contributed by atoms with Crippen molar-refractivity contribution < 1.29 is 9.50 Å². The van der Waals surface area contributed by atoms with E-state index < -0.39 is 12.0 Å². The number of nitrogens with zero attached hydrogens (tertiary/aromatic N) is 5. The SMILES string of the molecule is Cc1nc2nc(N[C@@H](C)c3cncc(F)c3)nc(C(O)NCc3cccnc3)c2s1. The standard InChI is InChI=1S/C20H20FN7OS/c1-11(14-6-15(21)10-23-9-14)25-20-27-16(17-18(28-20)26-12(2)30-17)19(29)24-8-13-4-3-5-22-7-13/h3-7,9-11,19,24,29H,8H2,1-2H3,(H,25,27,28)/t11-,19?/m0/s1. The minimum Gasteiger partial charge on any atom is -0.373 e. The molecule has 0 aliphatic rings. The smallest absolute Gasteiger partial charge is 0.225 e. The van der Waals surface area contributed by atoms with Crippen LogP contribution in [0.1, 0.15) is 41.0 Å². The van der Waals surface area contributed by atoms with Crippen LogP contribution in [0.15, 0.2) is 43.0 Å². The monoisotopic (exact) mass is 425 g/mol. The predicted octanol–water partition coefficient (Wildman–Crippen LogP) is 3.28. The number of aliphatic hydroxyl groups is 1. The van der Waals surface area contributed by atoms with Crippen LogP contribution in [-0.4, -0.2) is 30.0 Å². The molecule has 10 heteroatoms. The summed E-state index contributed by atoms with van der Waals surface area (Å²) in [6.45, 7) is 4.15. The number of aryl methyl sites for hydroxylation is 1. The van der Waals surface area contributed by atoms with Gasteiger partial charge in [-0.3, -0.25) is 15.3 Å². The maximum atomic E-state index is 13.5. The molecule has 1 unspecified atom stereocenters. The third-order valence-corrected chi connectivity index (χ3v) is 5.42. The second-order valence-corrected chi connectivity index (χ2v) is 7.97. The van der Waals surface area contributed by atoms with Crippen molar-refractivity contribution in [2.24, 2.45) is 0 Å². The van der Waals surface area contributed by atoms with Crippen LogP contribution in [0.25, 0.3) is 10.3 Å². The lowest BCUT2D eigenvalue weighted by atomic mass is 10.1. The normalized spacial score (nSPS) is 13.3. The van der Waals surface area contributed by atoms with Crippen molar-refractivity contribution in [3.05, 3.63) is 70.6 Å². The van der Waals surface area contributed by atoms with Crippen molar-refractivity contribution in [3.63, 3.8) is 0 Å². The highest BCUT2D eigenvalue weighted by molar-refractivity contribution is 7.18. The van der Waals surface area contributed by atoms with Crippen molar-refractivity contribution >= 4 is 27.6 Å². The van der Waals surface area contributed by atoms with Gasteiger partial charge in [0.05, 0.1) is 21.9 Å². The Morgan fingerprint density at radius 1 is 1.17 bits per heavy atom. The number of thiazole rings is 1. The molecule has 4 heterocycles. The lowest BCUT2D eigenvalue weighted by Gasteiger charge is -2.17. The van der Waals surface area contributed by atoms with Gasteiger partial charge in [0.25, 0.3) is 0 Å². The summed E-state index contributed by atoms with van der Waals surface area (Å²) in [5.41, 5.74) is 2.52. The number of fused-ring (bicyclic) bond motifs is 1. The van der Waals surface area contributed by atoms with Gasteiger partial charge in [-0.1, -0.05) is 6.07 Å². The lowest BCUT2D eigenvalue weighted by Crippen LogP contribution is -2.22. The molecule has 2 atom stereocenters. The van der Waals surface area contributed by atoms with Crippen molar-refractivity contribution in [2.45, 2.75) is 32.7 Å². The van der Waals surface area contributed by atoms with Crippen molar-refractivity contribution in [3.8, 4) is 0 Å². The highest BCUT2D eigenvalue weighted by Gasteiger charge is 2.19. The third-order valence-electron chi connectivity index (χ3n) is 4.44. The fraction of sp³-hybridized carbons (Fsp3) is 0.250. The molecule has 8 nitrogen and oxygen atoms in total. The first kappa shape index (κ1) is 20.2. The molecular formula is C20H20FN7OS. The summed E-state index contributed by atoms with van der Waals surface area (Å²) in [6, 6.07) is 4.87. The molecule has 0 aliphatic carbocycles. The van der Waals surface area contributed by atoms with Crippen LogP contribution in [0.2, 0.25) is 0 Å². The summed E-state index contributed by atoms with van der Waals surface area (Å²) >= 11 is 1.42. The third kappa shape index (κ3) is 4.56. The molecule has 0 fully saturated rings. The van der Waals surface area contributed by atoms with E-state index in [0.717, 1.165) is 16.8 Å². The number of rotatable bonds is 7. The Labute approximate surface area is 176 Å². The number of hydrogen-bond donors (Lipinski definition) is 3. The molecule has 0 spiro atoms. The largest absolute Gasteiger partial charge is 0.373 e. The number of pyridine rings is 2. The van der Waals surface area contributed by atoms with E-state index in [0.29, 0.717) is 34.1 Å². The molecule has 0 saturated carbocycles. The van der Waals surface area contributed by atoms with Crippen molar-refractivity contribution in [1.82, 2.24) is 30.2 Å². The molecule has 0 saturated heterocycles. The maximum absolute atomic E-state index is 13.5. The Bertz CT molecular complexity index is 1150. The van der Waals surface area contributed by atoms with E-state index in [1.54, 1.807) is 18.6 Å². The summed E-state index contributed by atoms with van der Waals surface area (Å²) in [5.74, 6) is -0.120. The molecule has 154 valence electrons. The van der Waals surface area contributed by atoms with Crippen LogP contribution in [0.5, 0.6) is 0 Å². The number of halogens is 1. The van der Waals surface area contributed by atoms with Gasteiger partial charge in [0.15, 0.2) is 5.65 Å². The topological polar surface area (TPSA) is 109 Å². The fourth-order valence-corrected chi connectivity index (χ4v) is 3.83. The molecule has 0 radical (unpaired) electrons. The highest BCUT2D eigenvalue weighted by Crippen LogP contribution is 2.28. The van der Waals surface area contributed by atoms with E-state index in [1.165, 1.54) is 17.4 Å². The summed E-state index contributed by atoms with van der Waals surface area (Å²) in [7, 11) is 0. The molecule has 30 heavy (non-hydrogen) atoms. The van der Waals surface area contributed by atoms with Gasteiger partial charge in [0.1, 0.15) is 17.7 Å². The summed E-state index contributed by atoms with van der Waals surface area (Å²) in [6.07, 6.45) is 5.13. The number of aliphatic hydroxyl groups excluding tert-OH is 1. The molecule has 4 aromatic rings. The van der Waals surface area contributed by atoms with Gasteiger partial charge in [-0.15, -0.1) is 11.3 Å². The molecule has 0 aliphatic heterocycles. The molecule has 0 aromatic carbocycles. The molecule has 4 aromatic heterocycles. The van der Waals surface area contributed by atoms with Gasteiger partial charge in [-0.05, 0) is 37.1 Å². The predicted molar refractivity (Wildman–Crippen MR) is 112 cm³/mol. The lowest BCUT2D eigenvalue weighted by molar-refractivity contribution is 0.134. The zero-order valence-electron chi connectivity index (χ0n) is 16.4. The van der Waals surface area contributed by atoms with E-state index in [-0.39, 0.29) is 6.04 Å². The minimum atomic E-state index is -1.03. The van der Waals surface area contributed by atoms with Gasteiger partial charge >= 0.3 is 0 Å². The van der Waals surface area contributed by atoms with Crippen LogP contribution in [-0.2, 0) is 6.54 Å². The van der Waals surface area contributed by atoms with Gasteiger partial charge in [0, 0.05) is 25.1 Å². The van der Waals surface area contributed by atoms with E-state index >= 15 is 0 Å². The first-order chi connectivity index (χ1) is 14.5. The number of aromatic nitrogens is 5. The van der Waals surface area contributed by atoms with Crippen LogP contribution in [0.4, 0.5) is 10.3 Å². The zero-order chi connectivity index (χ0) is 21.1. The molecule has 0 amide bonds. The Morgan fingerprint density at radius 3 is 2.80 bits per heavy atom. The number of hydrogen-bond acceptors (Lipinski definition) is 9. The molecular weight excluding hydrogens is 405 g/mol. The number of nitrogens with one attached hydrogen (secondary N) is 2. The van der Waals surface area contributed by atoms with Crippen LogP contribution >= 0.6 is 11.3 Å². The average Bonchev–Trinajstić information content (AvgIpc) is 3.12. The Balaban J connectivity index is 1.60. The van der Waals surface area contributed by atoms with E-state index in [2.05, 4.69) is 35.6 Å².